The summed E-state index contributed by atoms with van der Waals surface area (Å²) in [4.78, 5) is 12.6. The van der Waals surface area contributed by atoms with Crippen LogP contribution in [0.2, 0.25) is 0 Å². The summed E-state index contributed by atoms with van der Waals surface area (Å²) in [5, 5.41) is 16.5. The Bertz CT molecular complexity index is 2280. The van der Waals surface area contributed by atoms with Gasteiger partial charge in [-0.1, -0.05) is 66.7 Å². The summed E-state index contributed by atoms with van der Waals surface area (Å²) >= 11 is 0. The van der Waals surface area contributed by atoms with Gasteiger partial charge in [0.15, 0.2) is 0 Å². The summed E-state index contributed by atoms with van der Waals surface area (Å²) in [7, 11) is 3.32. The van der Waals surface area contributed by atoms with E-state index in [-0.39, 0.29) is 24.3 Å². The normalized spacial score (nSPS) is 12.2. The largest absolute Gasteiger partial charge is 0.497 e. The van der Waals surface area contributed by atoms with Crippen molar-refractivity contribution in [2.45, 2.75) is 32.4 Å². The predicted molar refractivity (Wildman–Crippen MR) is 189 cm³/mol. The molecule has 7 aromatic rings. The molecule has 1 aliphatic carbocycles. The zero-order valence-electron chi connectivity index (χ0n) is 27.2. The molecule has 1 N–H and O–H groups in total. The van der Waals surface area contributed by atoms with Crippen molar-refractivity contribution in [1.29, 1.82) is 0 Å². The number of carbonyl (C=O) groups is 1. The van der Waals surface area contributed by atoms with Crippen molar-refractivity contribution in [1.82, 2.24) is 9.13 Å². The molecule has 0 spiro atoms. The lowest BCUT2D eigenvalue weighted by molar-refractivity contribution is -0.143. The molecule has 5 aromatic carbocycles. The van der Waals surface area contributed by atoms with Gasteiger partial charge < -0.3 is 28.5 Å². The summed E-state index contributed by atoms with van der Waals surface area (Å²) in [6, 6.07) is 32.5. The molecule has 0 unspecified atom stereocenters. The summed E-state index contributed by atoms with van der Waals surface area (Å²) in [6.07, 6.45) is 3.11. The quantitative estimate of drug-likeness (QED) is 0.161. The third kappa shape index (κ3) is 4.60. The number of hydrogen-bond acceptors (Lipinski definition) is 5. The number of ether oxygens (including phenoxy) is 3. The highest BCUT2D eigenvalue weighted by molar-refractivity contribution is 6.27. The number of aryl methyl sites for hydroxylation is 1. The van der Waals surface area contributed by atoms with E-state index in [0.29, 0.717) is 13.2 Å². The fourth-order valence-corrected chi connectivity index (χ4v) is 7.64. The van der Waals surface area contributed by atoms with Crippen molar-refractivity contribution in [3.05, 3.63) is 126 Å². The standard InChI is InChI=1S/C41H36N2O5/c1-4-48-35(44)21-22-42-34-12-8-7-11-31(34)37-33-24-43(41(45)38(33)36-30-10-6-5-9-27(30)23-32(36)40(37)42)39(25-13-17-28(46-2)18-14-25)26-15-19-29(47-3)20-16-26/h5-20,24,39,45H,4,21-23H2,1-3H3. The molecule has 2 aromatic heterocycles. The van der Waals surface area contributed by atoms with E-state index < -0.39 is 0 Å². The minimum Gasteiger partial charge on any atom is -0.497 e. The maximum absolute atomic E-state index is 12.6. The third-order valence-corrected chi connectivity index (χ3v) is 9.72. The number of fused-ring (bicyclic) bond motifs is 10. The second-order valence-electron chi connectivity index (χ2n) is 12.2. The smallest absolute Gasteiger partial charge is 0.307 e. The number of aromatic hydroxyl groups is 1. The first-order valence-corrected chi connectivity index (χ1v) is 16.3. The number of benzene rings is 5. The number of carbonyl (C=O) groups excluding carboxylic acids is 1. The average Bonchev–Trinajstić information content (AvgIpc) is 3.77. The van der Waals surface area contributed by atoms with Crippen LogP contribution in [0.5, 0.6) is 17.4 Å². The van der Waals surface area contributed by atoms with Gasteiger partial charge in [0.2, 0.25) is 5.88 Å². The third-order valence-electron chi connectivity index (χ3n) is 9.72. The van der Waals surface area contributed by atoms with Crippen molar-refractivity contribution >= 4 is 38.5 Å². The second-order valence-corrected chi connectivity index (χ2v) is 12.2. The number of methoxy groups -OCH3 is 2. The summed E-state index contributed by atoms with van der Waals surface area (Å²) in [5.41, 5.74) is 8.71. The van der Waals surface area contributed by atoms with Crippen LogP contribution in [0.3, 0.4) is 0 Å². The van der Waals surface area contributed by atoms with E-state index in [2.05, 4.69) is 77.5 Å². The molecule has 8 rings (SSSR count). The summed E-state index contributed by atoms with van der Waals surface area (Å²) in [6.45, 7) is 2.68. The van der Waals surface area contributed by atoms with Crippen LogP contribution in [0, 0.1) is 0 Å². The van der Waals surface area contributed by atoms with E-state index in [1.54, 1.807) is 14.2 Å². The van der Waals surface area contributed by atoms with Crippen LogP contribution in [-0.2, 0) is 22.5 Å². The van der Waals surface area contributed by atoms with Crippen LogP contribution in [0.1, 0.15) is 41.6 Å². The average molecular weight is 637 g/mol. The zero-order chi connectivity index (χ0) is 32.9. The molecule has 0 fully saturated rings. The molecular weight excluding hydrogens is 600 g/mol. The first-order valence-electron chi connectivity index (χ1n) is 16.3. The number of para-hydroxylation sites is 1. The molecule has 7 heteroatoms. The monoisotopic (exact) mass is 636 g/mol. The van der Waals surface area contributed by atoms with Crippen molar-refractivity contribution in [2.75, 3.05) is 20.8 Å². The first-order chi connectivity index (χ1) is 23.5. The molecule has 0 amide bonds. The van der Waals surface area contributed by atoms with E-state index in [0.717, 1.165) is 78.3 Å². The van der Waals surface area contributed by atoms with Crippen molar-refractivity contribution in [2.24, 2.45) is 0 Å². The van der Waals surface area contributed by atoms with Crippen LogP contribution < -0.4 is 9.47 Å². The zero-order valence-corrected chi connectivity index (χ0v) is 27.2. The van der Waals surface area contributed by atoms with Crippen LogP contribution in [0.15, 0.2) is 103 Å². The van der Waals surface area contributed by atoms with E-state index >= 15 is 0 Å². The molecule has 240 valence electrons. The van der Waals surface area contributed by atoms with Gasteiger partial charge in [-0.2, -0.15) is 0 Å². The van der Waals surface area contributed by atoms with E-state index in [1.807, 2.05) is 41.8 Å². The van der Waals surface area contributed by atoms with Gasteiger partial charge in [-0.25, -0.2) is 0 Å². The fraction of sp³-hybridized carbons (Fsp3) is 0.195. The number of nitrogens with zero attached hydrogens (tertiary/aromatic N) is 2. The summed E-state index contributed by atoms with van der Waals surface area (Å²) < 4.78 is 20.6. The molecule has 0 saturated carbocycles. The van der Waals surface area contributed by atoms with Crippen LogP contribution in [0.25, 0.3) is 43.7 Å². The number of esters is 1. The number of aromatic nitrogens is 2. The van der Waals surface area contributed by atoms with Crippen molar-refractivity contribution in [3.63, 3.8) is 0 Å². The molecule has 0 aliphatic heterocycles. The molecular formula is C41H36N2O5. The van der Waals surface area contributed by atoms with Gasteiger partial charge in [0.05, 0.1) is 44.2 Å². The van der Waals surface area contributed by atoms with Gasteiger partial charge in [0.25, 0.3) is 0 Å². The summed E-state index contributed by atoms with van der Waals surface area (Å²) in [5.74, 6) is 1.52. The Kier molecular flexibility index (Phi) is 7.32. The van der Waals surface area contributed by atoms with Gasteiger partial charge in [0, 0.05) is 46.4 Å². The molecule has 0 atom stereocenters. The maximum Gasteiger partial charge on any atom is 0.307 e. The Hall–Kier alpha value is -5.69. The maximum atomic E-state index is 12.6. The minimum absolute atomic E-state index is 0.208. The molecule has 7 nitrogen and oxygen atoms in total. The molecule has 0 bridgehead atoms. The Balaban J connectivity index is 1.46. The lowest BCUT2D eigenvalue weighted by atomic mass is 9.96. The lowest BCUT2D eigenvalue weighted by Crippen LogP contribution is -2.11. The van der Waals surface area contributed by atoms with E-state index in [9.17, 15) is 9.90 Å². The first kappa shape index (κ1) is 29.7. The van der Waals surface area contributed by atoms with E-state index in [4.69, 9.17) is 14.2 Å². The Morgan fingerprint density at radius 3 is 2.12 bits per heavy atom. The van der Waals surface area contributed by atoms with Crippen LogP contribution in [-0.4, -0.2) is 41.0 Å². The molecule has 48 heavy (non-hydrogen) atoms. The molecule has 0 saturated heterocycles. The highest BCUT2D eigenvalue weighted by Gasteiger charge is 2.32. The SMILES string of the molecule is CCOC(=O)CCn1c2ccccc2c2c3cn(C(c4ccc(OC)cc4)c4ccc(OC)cc4)c(O)c3c3c(c21)Cc1ccccc1-3. The Labute approximate surface area is 278 Å². The fourth-order valence-electron chi connectivity index (χ4n) is 7.64. The number of rotatable bonds is 9. The molecule has 1 aliphatic rings. The van der Waals surface area contributed by atoms with Crippen LogP contribution >= 0.6 is 0 Å². The lowest BCUT2D eigenvalue weighted by Gasteiger charge is -2.22. The van der Waals surface area contributed by atoms with E-state index in [1.165, 1.54) is 5.56 Å². The second kappa shape index (κ2) is 11.8. The highest BCUT2D eigenvalue weighted by atomic mass is 16.5. The topological polar surface area (TPSA) is 74.9 Å². The van der Waals surface area contributed by atoms with Gasteiger partial charge in [-0.3, -0.25) is 4.79 Å². The van der Waals surface area contributed by atoms with Gasteiger partial charge in [-0.05, 0) is 65.1 Å². The van der Waals surface area contributed by atoms with Crippen LogP contribution in [0.4, 0.5) is 0 Å². The van der Waals surface area contributed by atoms with Gasteiger partial charge >= 0.3 is 5.97 Å². The van der Waals surface area contributed by atoms with Crippen molar-refractivity contribution < 1.29 is 24.1 Å². The Morgan fingerprint density at radius 1 is 0.812 bits per heavy atom. The minimum atomic E-state index is -0.339. The highest BCUT2D eigenvalue weighted by Crippen LogP contribution is 2.52. The van der Waals surface area contributed by atoms with Gasteiger partial charge in [0.1, 0.15) is 11.5 Å². The van der Waals surface area contributed by atoms with Gasteiger partial charge in [-0.15, -0.1) is 0 Å². The molecule has 2 heterocycles. The number of hydrogen-bond donors (Lipinski definition) is 1. The van der Waals surface area contributed by atoms with Crippen molar-refractivity contribution in [3.8, 4) is 28.5 Å². The predicted octanol–water partition coefficient (Wildman–Crippen LogP) is 8.63. The molecule has 0 radical (unpaired) electrons. The Morgan fingerprint density at radius 2 is 1.46 bits per heavy atom.